The molecule has 1 aromatic heterocycles. The molecule has 0 saturated carbocycles. The summed E-state index contributed by atoms with van der Waals surface area (Å²) in [5.74, 6) is 0. The molecule has 1 aromatic rings. The highest BCUT2D eigenvalue weighted by Crippen LogP contribution is 2.19. The quantitative estimate of drug-likeness (QED) is 0.786. The average Bonchev–Trinajstić information content (AvgIpc) is 2.85. The number of aromatic amines is 1. The summed E-state index contributed by atoms with van der Waals surface area (Å²) in [6, 6.07) is 4.53. The van der Waals surface area contributed by atoms with E-state index in [0.717, 1.165) is 32.7 Å². The summed E-state index contributed by atoms with van der Waals surface area (Å²) in [4.78, 5) is 8.24. The minimum absolute atomic E-state index is 0.356. The lowest BCUT2D eigenvalue weighted by Gasteiger charge is -2.38. The van der Waals surface area contributed by atoms with E-state index in [-0.39, 0.29) is 0 Å². The van der Waals surface area contributed by atoms with Crippen molar-refractivity contribution in [2.45, 2.75) is 13.0 Å². The Labute approximate surface area is 97.4 Å². The molecular weight excluding hydrogens is 200 g/mol. The van der Waals surface area contributed by atoms with Gasteiger partial charge in [-0.15, -0.1) is 0 Å². The van der Waals surface area contributed by atoms with Crippen molar-refractivity contribution in [1.29, 1.82) is 0 Å². The molecule has 1 aliphatic heterocycles. The smallest absolute Gasteiger partial charge is 0.0623 e. The first kappa shape index (κ1) is 11.6. The molecule has 90 valence electrons. The number of hydrogen-bond donors (Lipinski definition) is 2. The van der Waals surface area contributed by atoms with Crippen LogP contribution in [0.5, 0.6) is 0 Å². The Morgan fingerprint density at radius 1 is 1.38 bits per heavy atom. The van der Waals surface area contributed by atoms with Crippen molar-refractivity contribution in [3.05, 3.63) is 24.0 Å². The van der Waals surface area contributed by atoms with Crippen LogP contribution in [-0.4, -0.2) is 54.1 Å². The predicted octanol–water partition coefficient (Wildman–Crippen LogP) is 0.652. The van der Waals surface area contributed by atoms with E-state index >= 15 is 0 Å². The van der Waals surface area contributed by atoms with Crippen LogP contribution < -0.4 is 5.73 Å². The van der Waals surface area contributed by atoms with Crippen molar-refractivity contribution in [3.63, 3.8) is 0 Å². The Bertz CT molecular complexity index is 288. The second kappa shape index (κ2) is 5.48. The van der Waals surface area contributed by atoms with Crippen LogP contribution in [0, 0.1) is 0 Å². The molecule has 1 atom stereocenters. The normalized spacial score (nSPS) is 21.1. The molecule has 0 amide bonds. The fourth-order valence-corrected chi connectivity index (χ4v) is 2.42. The summed E-state index contributed by atoms with van der Waals surface area (Å²) < 4.78 is 0. The topological polar surface area (TPSA) is 48.3 Å². The molecule has 1 saturated heterocycles. The molecule has 3 N–H and O–H groups in total. The number of aromatic nitrogens is 1. The van der Waals surface area contributed by atoms with Crippen LogP contribution in [0.1, 0.15) is 18.7 Å². The third-order valence-electron chi connectivity index (χ3n) is 3.50. The Balaban J connectivity index is 1.96. The minimum Gasteiger partial charge on any atom is -0.364 e. The molecule has 0 spiro atoms. The van der Waals surface area contributed by atoms with Crippen LogP contribution in [0.2, 0.25) is 0 Å². The number of nitrogens with two attached hydrogens (primary N) is 1. The number of hydrogen-bond acceptors (Lipinski definition) is 3. The third-order valence-corrected chi connectivity index (χ3v) is 3.50. The van der Waals surface area contributed by atoms with Crippen molar-refractivity contribution in [2.75, 3.05) is 39.3 Å². The number of H-pyrrole nitrogens is 1. The lowest BCUT2D eigenvalue weighted by atomic mass is 10.1. The largest absolute Gasteiger partial charge is 0.364 e. The monoisotopic (exact) mass is 222 g/mol. The number of nitrogens with one attached hydrogen (secondary N) is 1. The highest BCUT2D eigenvalue weighted by Gasteiger charge is 2.23. The van der Waals surface area contributed by atoms with Crippen LogP contribution >= 0.6 is 0 Å². The lowest BCUT2D eigenvalue weighted by molar-refractivity contribution is 0.101. The highest BCUT2D eigenvalue weighted by molar-refractivity contribution is 5.10. The fourth-order valence-electron chi connectivity index (χ4n) is 2.42. The first-order valence-corrected chi connectivity index (χ1v) is 6.15. The Morgan fingerprint density at radius 3 is 2.62 bits per heavy atom. The van der Waals surface area contributed by atoms with Crippen molar-refractivity contribution >= 4 is 0 Å². The zero-order valence-corrected chi connectivity index (χ0v) is 10.0. The molecule has 4 nitrogen and oxygen atoms in total. The van der Waals surface area contributed by atoms with E-state index in [2.05, 4.69) is 27.8 Å². The van der Waals surface area contributed by atoms with Gasteiger partial charge in [0.2, 0.25) is 0 Å². The molecule has 1 fully saturated rings. The molecule has 4 heteroatoms. The molecule has 0 radical (unpaired) electrons. The molecule has 1 aliphatic rings. The van der Waals surface area contributed by atoms with E-state index in [1.54, 1.807) is 0 Å². The maximum atomic E-state index is 5.89. The standard InChI is InChI=1S/C12H22N4/c1-2-15-6-8-16(9-7-15)12(10-13)11-4-3-5-14-11/h3-5,12,14H,2,6-10,13H2,1H3. The average molecular weight is 222 g/mol. The fraction of sp³-hybridized carbons (Fsp3) is 0.667. The molecule has 2 rings (SSSR count). The summed E-state index contributed by atoms with van der Waals surface area (Å²) in [7, 11) is 0. The SMILES string of the molecule is CCN1CCN(C(CN)c2ccc[nH]2)CC1. The molecule has 0 aliphatic carbocycles. The molecule has 16 heavy (non-hydrogen) atoms. The summed E-state index contributed by atoms with van der Waals surface area (Å²) in [6.45, 7) is 8.63. The first-order chi connectivity index (χ1) is 7.85. The van der Waals surface area contributed by atoms with Gasteiger partial charge in [-0.2, -0.15) is 0 Å². The molecule has 0 bridgehead atoms. The molecular formula is C12H22N4. The van der Waals surface area contributed by atoms with E-state index in [1.165, 1.54) is 5.69 Å². The summed E-state index contributed by atoms with van der Waals surface area (Å²) in [5, 5.41) is 0. The highest BCUT2D eigenvalue weighted by atomic mass is 15.3. The van der Waals surface area contributed by atoms with E-state index in [4.69, 9.17) is 5.73 Å². The van der Waals surface area contributed by atoms with Crippen molar-refractivity contribution in [3.8, 4) is 0 Å². The number of likely N-dealkylation sites (N-methyl/N-ethyl adjacent to an activating group) is 1. The number of rotatable bonds is 4. The van der Waals surface area contributed by atoms with Gasteiger partial charge in [-0.05, 0) is 18.7 Å². The van der Waals surface area contributed by atoms with Crippen LogP contribution in [0.15, 0.2) is 18.3 Å². The van der Waals surface area contributed by atoms with Crippen LogP contribution in [0.4, 0.5) is 0 Å². The van der Waals surface area contributed by atoms with Gasteiger partial charge in [0.15, 0.2) is 0 Å². The second-order valence-electron chi connectivity index (χ2n) is 4.35. The first-order valence-electron chi connectivity index (χ1n) is 6.15. The Hall–Kier alpha value is -0.840. The van der Waals surface area contributed by atoms with Crippen LogP contribution in [-0.2, 0) is 0 Å². The zero-order chi connectivity index (χ0) is 11.4. The Kier molecular flexibility index (Phi) is 3.98. The van der Waals surface area contributed by atoms with E-state index in [1.807, 2.05) is 12.3 Å². The summed E-state index contributed by atoms with van der Waals surface area (Å²) in [6.07, 6.45) is 1.97. The molecule has 1 unspecified atom stereocenters. The van der Waals surface area contributed by atoms with Gasteiger partial charge in [-0.3, -0.25) is 4.90 Å². The van der Waals surface area contributed by atoms with E-state index in [9.17, 15) is 0 Å². The van der Waals surface area contributed by atoms with Crippen molar-refractivity contribution in [2.24, 2.45) is 5.73 Å². The third kappa shape index (κ3) is 2.45. The lowest BCUT2D eigenvalue weighted by Crippen LogP contribution is -2.48. The predicted molar refractivity (Wildman–Crippen MR) is 66.3 cm³/mol. The van der Waals surface area contributed by atoms with Gasteiger partial charge in [0, 0.05) is 44.6 Å². The Morgan fingerprint density at radius 2 is 2.12 bits per heavy atom. The maximum absolute atomic E-state index is 5.89. The van der Waals surface area contributed by atoms with Gasteiger partial charge in [0.1, 0.15) is 0 Å². The molecule has 0 aromatic carbocycles. The van der Waals surface area contributed by atoms with Gasteiger partial charge in [-0.25, -0.2) is 0 Å². The summed E-state index contributed by atoms with van der Waals surface area (Å²) in [5.41, 5.74) is 7.13. The van der Waals surface area contributed by atoms with Gasteiger partial charge in [0.25, 0.3) is 0 Å². The van der Waals surface area contributed by atoms with Gasteiger partial charge in [0.05, 0.1) is 6.04 Å². The molecule has 2 heterocycles. The minimum atomic E-state index is 0.356. The van der Waals surface area contributed by atoms with Crippen LogP contribution in [0.25, 0.3) is 0 Å². The zero-order valence-electron chi connectivity index (χ0n) is 10.0. The van der Waals surface area contributed by atoms with Gasteiger partial charge < -0.3 is 15.6 Å². The van der Waals surface area contributed by atoms with Crippen LogP contribution in [0.3, 0.4) is 0 Å². The second-order valence-corrected chi connectivity index (χ2v) is 4.35. The van der Waals surface area contributed by atoms with Crippen molar-refractivity contribution < 1.29 is 0 Å². The number of nitrogens with zero attached hydrogens (tertiary/aromatic N) is 2. The van der Waals surface area contributed by atoms with Crippen molar-refractivity contribution in [1.82, 2.24) is 14.8 Å². The van der Waals surface area contributed by atoms with E-state index in [0.29, 0.717) is 12.6 Å². The summed E-state index contributed by atoms with van der Waals surface area (Å²) >= 11 is 0. The van der Waals surface area contributed by atoms with Gasteiger partial charge >= 0.3 is 0 Å². The maximum Gasteiger partial charge on any atom is 0.0623 e. The van der Waals surface area contributed by atoms with Gasteiger partial charge in [-0.1, -0.05) is 6.92 Å². The van der Waals surface area contributed by atoms with E-state index < -0.39 is 0 Å². The number of piperazine rings is 1.